The van der Waals surface area contributed by atoms with Gasteiger partial charge in [-0.3, -0.25) is 4.98 Å². The van der Waals surface area contributed by atoms with Crippen LogP contribution in [0.15, 0.2) is 60.5 Å². The van der Waals surface area contributed by atoms with Crippen LogP contribution >= 0.6 is 22.9 Å². The third kappa shape index (κ3) is 2.88. The van der Waals surface area contributed by atoms with Crippen molar-refractivity contribution in [3.05, 3.63) is 65.5 Å². The molecule has 2 aromatic carbocycles. The van der Waals surface area contributed by atoms with Crippen molar-refractivity contribution >= 4 is 45.3 Å². The van der Waals surface area contributed by atoms with Gasteiger partial charge in [0.05, 0.1) is 15.9 Å². The smallest absolute Gasteiger partial charge is 0.141 e. The van der Waals surface area contributed by atoms with Gasteiger partial charge >= 0.3 is 0 Å². The molecule has 0 aliphatic rings. The van der Waals surface area contributed by atoms with Gasteiger partial charge in [-0.05, 0) is 42.0 Å². The molecule has 4 aromatic rings. The van der Waals surface area contributed by atoms with E-state index in [0.717, 1.165) is 32.8 Å². The van der Waals surface area contributed by atoms with Crippen molar-refractivity contribution < 1.29 is 0 Å². The highest BCUT2D eigenvalue weighted by Crippen LogP contribution is 2.30. The van der Waals surface area contributed by atoms with Gasteiger partial charge in [0.15, 0.2) is 0 Å². The number of halogens is 1. The van der Waals surface area contributed by atoms with E-state index in [0.29, 0.717) is 5.02 Å². The lowest BCUT2D eigenvalue weighted by Crippen LogP contribution is -1.96. The second kappa shape index (κ2) is 5.95. The molecule has 0 unspecified atom stereocenters. The van der Waals surface area contributed by atoms with Crippen molar-refractivity contribution in [1.29, 1.82) is 0 Å². The summed E-state index contributed by atoms with van der Waals surface area (Å²) >= 11 is 7.54. The first-order valence-electron chi connectivity index (χ1n) is 6.96. The van der Waals surface area contributed by atoms with Crippen molar-refractivity contribution in [3.8, 4) is 10.4 Å². The number of aromatic nitrogens is 3. The van der Waals surface area contributed by atoms with Crippen LogP contribution in [0, 0.1) is 0 Å². The zero-order valence-electron chi connectivity index (χ0n) is 11.9. The van der Waals surface area contributed by atoms with E-state index < -0.39 is 0 Å². The SMILES string of the molecule is Clc1ccc(Nc2ncnc3ccc(-c4cncs4)cc23)cc1. The van der Waals surface area contributed by atoms with Gasteiger partial charge in [0.25, 0.3) is 0 Å². The minimum atomic E-state index is 0.704. The largest absolute Gasteiger partial charge is 0.340 e. The molecular formula is C17H11ClN4S. The van der Waals surface area contributed by atoms with E-state index in [4.69, 9.17) is 11.6 Å². The van der Waals surface area contributed by atoms with Crippen LogP contribution in [0.25, 0.3) is 21.3 Å². The third-order valence-electron chi connectivity index (χ3n) is 3.46. The highest BCUT2D eigenvalue weighted by Gasteiger charge is 2.07. The molecule has 0 aliphatic heterocycles. The van der Waals surface area contributed by atoms with Crippen LogP contribution in [0.3, 0.4) is 0 Å². The van der Waals surface area contributed by atoms with E-state index in [1.54, 1.807) is 17.7 Å². The summed E-state index contributed by atoms with van der Waals surface area (Å²) in [7, 11) is 0. The Morgan fingerprint density at radius 3 is 2.65 bits per heavy atom. The molecule has 1 N–H and O–H groups in total. The molecule has 0 saturated carbocycles. The third-order valence-corrected chi connectivity index (χ3v) is 4.53. The normalized spacial score (nSPS) is 10.8. The van der Waals surface area contributed by atoms with Crippen LogP contribution in [0.1, 0.15) is 0 Å². The molecule has 0 amide bonds. The van der Waals surface area contributed by atoms with Gasteiger partial charge in [0.1, 0.15) is 12.1 Å². The van der Waals surface area contributed by atoms with Crippen molar-refractivity contribution in [1.82, 2.24) is 15.0 Å². The zero-order valence-corrected chi connectivity index (χ0v) is 13.5. The average Bonchev–Trinajstić information content (AvgIpc) is 3.11. The number of fused-ring (bicyclic) bond motifs is 1. The monoisotopic (exact) mass is 338 g/mol. The molecule has 4 nitrogen and oxygen atoms in total. The number of hydrogen-bond acceptors (Lipinski definition) is 5. The fourth-order valence-electron chi connectivity index (χ4n) is 2.34. The Labute approximate surface area is 141 Å². The molecule has 0 spiro atoms. The van der Waals surface area contributed by atoms with E-state index in [1.165, 1.54) is 0 Å². The lowest BCUT2D eigenvalue weighted by molar-refractivity contribution is 1.22. The van der Waals surface area contributed by atoms with E-state index >= 15 is 0 Å². The first-order valence-corrected chi connectivity index (χ1v) is 8.21. The van der Waals surface area contributed by atoms with E-state index in [2.05, 4.69) is 32.4 Å². The van der Waals surface area contributed by atoms with Gasteiger partial charge in [-0.2, -0.15) is 0 Å². The number of anilines is 2. The highest BCUT2D eigenvalue weighted by molar-refractivity contribution is 7.13. The first-order chi connectivity index (χ1) is 11.3. The molecule has 0 radical (unpaired) electrons. The Kier molecular flexibility index (Phi) is 3.65. The molecule has 23 heavy (non-hydrogen) atoms. The van der Waals surface area contributed by atoms with Crippen LogP contribution in [-0.4, -0.2) is 15.0 Å². The van der Waals surface area contributed by atoms with Crippen molar-refractivity contribution in [2.24, 2.45) is 0 Å². The minimum absolute atomic E-state index is 0.704. The summed E-state index contributed by atoms with van der Waals surface area (Å²) in [5.74, 6) is 0.767. The number of rotatable bonds is 3. The zero-order chi connectivity index (χ0) is 15.6. The maximum atomic E-state index is 5.93. The maximum absolute atomic E-state index is 5.93. The van der Waals surface area contributed by atoms with Gasteiger partial charge in [-0.15, -0.1) is 11.3 Å². The van der Waals surface area contributed by atoms with Crippen LogP contribution in [0.2, 0.25) is 5.02 Å². The van der Waals surface area contributed by atoms with Gasteiger partial charge in [0.2, 0.25) is 0 Å². The van der Waals surface area contributed by atoms with Crippen LogP contribution < -0.4 is 5.32 Å². The number of benzene rings is 2. The number of nitrogens with zero attached hydrogens (tertiary/aromatic N) is 3. The second-order valence-corrected chi connectivity index (χ2v) is 6.27. The Hall–Kier alpha value is -2.50. The summed E-state index contributed by atoms with van der Waals surface area (Å²) in [5, 5.41) is 4.99. The molecule has 2 heterocycles. The molecule has 112 valence electrons. The summed E-state index contributed by atoms with van der Waals surface area (Å²) in [6.45, 7) is 0. The molecule has 2 aromatic heterocycles. The molecule has 0 aliphatic carbocycles. The Balaban J connectivity index is 1.79. The number of thiazole rings is 1. The summed E-state index contributed by atoms with van der Waals surface area (Å²) in [6, 6.07) is 13.7. The van der Waals surface area contributed by atoms with Gasteiger partial charge in [-0.25, -0.2) is 9.97 Å². The Morgan fingerprint density at radius 1 is 1.00 bits per heavy atom. The molecule has 0 bridgehead atoms. The van der Waals surface area contributed by atoms with Crippen molar-refractivity contribution in [2.45, 2.75) is 0 Å². The van der Waals surface area contributed by atoms with Crippen LogP contribution in [0.4, 0.5) is 11.5 Å². The number of hydrogen-bond donors (Lipinski definition) is 1. The van der Waals surface area contributed by atoms with E-state index in [-0.39, 0.29) is 0 Å². The summed E-state index contributed by atoms with van der Waals surface area (Å²) < 4.78 is 0. The Morgan fingerprint density at radius 2 is 1.87 bits per heavy atom. The lowest BCUT2D eigenvalue weighted by Gasteiger charge is -2.09. The summed E-state index contributed by atoms with van der Waals surface area (Å²) in [4.78, 5) is 14.0. The molecule has 4 rings (SSSR count). The van der Waals surface area contributed by atoms with Gasteiger partial charge < -0.3 is 5.32 Å². The second-order valence-electron chi connectivity index (χ2n) is 4.95. The molecule has 6 heteroatoms. The highest BCUT2D eigenvalue weighted by atomic mass is 35.5. The predicted octanol–water partition coefficient (Wildman–Crippen LogP) is 5.15. The molecule has 0 atom stereocenters. The van der Waals surface area contributed by atoms with Gasteiger partial charge in [-0.1, -0.05) is 17.7 Å². The van der Waals surface area contributed by atoms with Crippen LogP contribution in [0.5, 0.6) is 0 Å². The van der Waals surface area contributed by atoms with E-state index in [1.807, 2.05) is 42.0 Å². The summed E-state index contributed by atoms with van der Waals surface area (Å²) in [5.41, 5.74) is 4.75. The standard InChI is InChI=1S/C17H11ClN4S/c18-12-2-4-13(5-3-12)22-17-14-7-11(16-8-19-10-23-16)1-6-15(14)20-9-21-17/h1-10H,(H,20,21,22). The molecule has 0 fully saturated rings. The topological polar surface area (TPSA) is 50.7 Å². The van der Waals surface area contributed by atoms with E-state index in [9.17, 15) is 0 Å². The number of nitrogens with one attached hydrogen (secondary N) is 1. The maximum Gasteiger partial charge on any atom is 0.141 e. The fraction of sp³-hybridized carbons (Fsp3) is 0. The minimum Gasteiger partial charge on any atom is -0.340 e. The fourth-order valence-corrected chi connectivity index (χ4v) is 3.08. The predicted molar refractivity (Wildman–Crippen MR) is 95.4 cm³/mol. The average molecular weight is 339 g/mol. The molecular weight excluding hydrogens is 328 g/mol. The Bertz CT molecular complexity index is 952. The quantitative estimate of drug-likeness (QED) is 0.561. The van der Waals surface area contributed by atoms with Gasteiger partial charge in [0, 0.05) is 22.3 Å². The van der Waals surface area contributed by atoms with Crippen molar-refractivity contribution in [3.63, 3.8) is 0 Å². The first kappa shape index (κ1) is 14.1. The van der Waals surface area contributed by atoms with Crippen LogP contribution in [-0.2, 0) is 0 Å². The lowest BCUT2D eigenvalue weighted by atomic mass is 10.1. The molecule has 0 saturated heterocycles. The van der Waals surface area contributed by atoms with Crippen molar-refractivity contribution in [2.75, 3.05) is 5.32 Å². The summed E-state index contributed by atoms with van der Waals surface area (Å²) in [6.07, 6.45) is 3.43.